The summed E-state index contributed by atoms with van der Waals surface area (Å²) < 4.78 is 0. The van der Waals surface area contributed by atoms with Crippen molar-refractivity contribution in [2.75, 3.05) is 0 Å². The van der Waals surface area contributed by atoms with E-state index in [-0.39, 0.29) is 12.1 Å². The van der Waals surface area contributed by atoms with Gasteiger partial charge in [-0.3, -0.25) is 10.3 Å². The Hall–Kier alpha value is -1.33. The molecule has 0 amide bonds. The molecule has 18 heavy (non-hydrogen) atoms. The predicted molar refractivity (Wildman–Crippen MR) is 77.5 cm³/mol. The summed E-state index contributed by atoms with van der Waals surface area (Å²) in [7, 11) is 0. The van der Waals surface area contributed by atoms with E-state index >= 15 is 0 Å². The van der Waals surface area contributed by atoms with Gasteiger partial charge in [0, 0.05) is 17.4 Å². The number of pyridine rings is 1. The highest BCUT2D eigenvalue weighted by Crippen LogP contribution is 2.22. The summed E-state index contributed by atoms with van der Waals surface area (Å²) in [6, 6.07) is 2.45. The van der Waals surface area contributed by atoms with E-state index in [4.69, 9.17) is 6.42 Å². The molecule has 0 fully saturated rings. The number of terminal acetylenes is 1. The van der Waals surface area contributed by atoms with Crippen molar-refractivity contribution < 1.29 is 0 Å². The maximum Gasteiger partial charge on any atom is 0.0714 e. The minimum atomic E-state index is 0.0973. The fourth-order valence-electron chi connectivity index (χ4n) is 2.47. The van der Waals surface area contributed by atoms with Crippen molar-refractivity contribution in [1.82, 2.24) is 10.3 Å². The number of hydrogen-bond donors (Lipinski definition) is 1. The molecule has 1 N–H and O–H groups in total. The number of hydrogen-bond acceptors (Lipinski definition) is 2. The number of aryl methyl sites for hydroxylation is 3. The molecule has 0 radical (unpaired) electrons. The molecule has 0 aliphatic heterocycles. The van der Waals surface area contributed by atoms with Gasteiger partial charge in [0.25, 0.3) is 0 Å². The average Bonchev–Trinajstić information content (AvgIpc) is 2.23. The summed E-state index contributed by atoms with van der Waals surface area (Å²) in [4.78, 5) is 4.54. The molecule has 1 heterocycles. The molecule has 0 aliphatic rings. The lowest BCUT2D eigenvalue weighted by molar-refractivity contribution is 0.429. The second-order valence-corrected chi connectivity index (χ2v) is 5.36. The number of nitrogens with one attached hydrogen (secondary N) is 1. The van der Waals surface area contributed by atoms with Crippen LogP contribution in [0.25, 0.3) is 0 Å². The Morgan fingerprint density at radius 2 is 1.83 bits per heavy atom. The zero-order valence-corrected chi connectivity index (χ0v) is 12.3. The van der Waals surface area contributed by atoms with Crippen LogP contribution in [0.15, 0.2) is 6.07 Å². The topological polar surface area (TPSA) is 24.9 Å². The quantitative estimate of drug-likeness (QED) is 0.822. The molecule has 0 aromatic carbocycles. The van der Waals surface area contributed by atoms with Crippen molar-refractivity contribution in [3.05, 3.63) is 28.6 Å². The Bertz CT molecular complexity index is 432. The van der Waals surface area contributed by atoms with E-state index in [1.54, 1.807) is 0 Å². The molecule has 0 saturated heterocycles. The number of aromatic nitrogens is 1. The summed E-state index contributed by atoms with van der Waals surface area (Å²) in [5, 5.41) is 3.51. The van der Waals surface area contributed by atoms with E-state index in [2.05, 4.69) is 56.9 Å². The van der Waals surface area contributed by atoms with Crippen LogP contribution in [0.1, 0.15) is 49.3 Å². The van der Waals surface area contributed by atoms with Crippen LogP contribution in [0.4, 0.5) is 0 Å². The van der Waals surface area contributed by atoms with Gasteiger partial charge in [0.15, 0.2) is 0 Å². The highest BCUT2D eigenvalue weighted by atomic mass is 14.9. The third-order valence-corrected chi connectivity index (χ3v) is 3.29. The van der Waals surface area contributed by atoms with E-state index in [1.807, 2.05) is 6.92 Å². The van der Waals surface area contributed by atoms with E-state index < -0.39 is 0 Å². The Labute approximate surface area is 111 Å². The third-order valence-electron chi connectivity index (χ3n) is 3.29. The molecule has 0 spiro atoms. The third kappa shape index (κ3) is 3.34. The van der Waals surface area contributed by atoms with Crippen molar-refractivity contribution in [2.45, 2.75) is 53.6 Å². The predicted octanol–water partition coefficient (Wildman–Crippen LogP) is 3.32. The molecule has 2 nitrogen and oxygen atoms in total. The first kappa shape index (κ1) is 14.7. The molecule has 0 aliphatic carbocycles. The van der Waals surface area contributed by atoms with Crippen LogP contribution >= 0.6 is 0 Å². The molecular weight excluding hydrogens is 220 g/mol. The van der Waals surface area contributed by atoms with Gasteiger partial charge in [-0.05, 0) is 50.8 Å². The normalized spacial score (nSPS) is 14.3. The Kier molecular flexibility index (Phi) is 4.93. The van der Waals surface area contributed by atoms with Gasteiger partial charge in [-0.25, -0.2) is 0 Å². The summed E-state index contributed by atoms with van der Waals surface area (Å²) in [5.41, 5.74) is 4.70. The maximum absolute atomic E-state index is 5.57. The summed E-state index contributed by atoms with van der Waals surface area (Å²) in [5.74, 6) is 3.25. The fraction of sp³-hybridized carbons (Fsp3) is 0.562. The molecule has 1 aromatic heterocycles. The fourth-order valence-corrected chi connectivity index (χ4v) is 2.47. The Morgan fingerprint density at radius 3 is 2.28 bits per heavy atom. The van der Waals surface area contributed by atoms with Gasteiger partial charge in [-0.2, -0.15) is 0 Å². The summed E-state index contributed by atoms with van der Waals surface area (Å²) >= 11 is 0. The molecule has 2 atom stereocenters. The zero-order chi connectivity index (χ0) is 13.9. The Morgan fingerprint density at radius 1 is 1.22 bits per heavy atom. The van der Waals surface area contributed by atoms with Crippen molar-refractivity contribution in [3.8, 4) is 12.3 Å². The van der Waals surface area contributed by atoms with Gasteiger partial charge in [-0.15, -0.1) is 6.42 Å². The summed E-state index contributed by atoms with van der Waals surface area (Å²) in [6.45, 7) is 12.7. The number of rotatable bonds is 4. The first-order valence-electron chi connectivity index (χ1n) is 6.53. The second-order valence-electron chi connectivity index (χ2n) is 5.36. The highest BCUT2D eigenvalue weighted by Gasteiger charge is 2.18. The van der Waals surface area contributed by atoms with Gasteiger partial charge >= 0.3 is 0 Å². The van der Waals surface area contributed by atoms with Crippen LogP contribution in [0, 0.1) is 39.0 Å². The lowest BCUT2D eigenvalue weighted by Gasteiger charge is -2.24. The van der Waals surface area contributed by atoms with E-state index in [0.29, 0.717) is 5.92 Å². The van der Waals surface area contributed by atoms with Crippen molar-refractivity contribution in [3.63, 3.8) is 0 Å². The molecule has 1 rings (SSSR count). The highest BCUT2D eigenvalue weighted by molar-refractivity contribution is 5.33. The molecule has 2 unspecified atom stereocenters. The smallest absolute Gasteiger partial charge is 0.0714 e. The van der Waals surface area contributed by atoms with Crippen LogP contribution in [-0.2, 0) is 0 Å². The van der Waals surface area contributed by atoms with Crippen LogP contribution in [0.5, 0.6) is 0 Å². The first-order valence-corrected chi connectivity index (χ1v) is 6.53. The molecular formula is C16H24N2. The van der Waals surface area contributed by atoms with Crippen LogP contribution in [-0.4, -0.2) is 11.0 Å². The van der Waals surface area contributed by atoms with E-state index in [9.17, 15) is 0 Å². The SMILES string of the molecule is C#CC(NC(C)c1c(C)cc(C)nc1C)C(C)C. The van der Waals surface area contributed by atoms with Crippen LogP contribution in [0.3, 0.4) is 0 Å². The van der Waals surface area contributed by atoms with Gasteiger partial charge in [0.1, 0.15) is 0 Å². The average molecular weight is 244 g/mol. The lowest BCUT2D eigenvalue weighted by Crippen LogP contribution is -2.35. The maximum atomic E-state index is 5.57. The molecule has 2 heteroatoms. The lowest BCUT2D eigenvalue weighted by atomic mass is 9.97. The molecule has 0 saturated carbocycles. The van der Waals surface area contributed by atoms with E-state index in [1.165, 1.54) is 11.1 Å². The van der Waals surface area contributed by atoms with Gasteiger partial charge in [0.05, 0.1) is 6.04 Å². The van der Waals surface area contributed by atoms with Crippen molar-refractivity contribution in [1.29, 1.82) is 0 Å². The Balaban J connectivity index is 2.98. The molecule has 0 bridgehead atoms. The molecule has 98 valence electrons. The van der Waals surface area contributed by atoms with Gasteiger partial charge in [0.2, 0.25) is 0 Å². The second kappa shape index (κ2) is 6.02. The first-order chi connectivity index (χ1) is 8.36. The zero-order valence-electron chi connectivity index (χ0n) is 12.3. The standard InChI is InChI=1S/C16H24N2/c1-8-15(10(2)3)18-14(7)16-11(4)9-12(5)17-13(16)6/h1,9-10,14-15,18H,2-7H3. The molecule has 1 aromatic rings. The van der Waals surface area contributed by atoms with Crippen molar-refractivity contribution >= 4 is 0 Å². The van der Waals surface area contributed by atoms with Gasteiger partial charge in [-0.1, -0.05) is 19.8 Å². The minimum absolute atomic E-state index is 0.0973. The largest absolute Gasteiger partial charge is 0.297 e. The minimum Gasteiger partial charge on any atom is -0.297 e. The monoisotopic (exact) mass is 244 g/mol. The van der Waals surface area contributed by atoms with Crippen LogP contribution < -0.4 is 5.32 Å². The van der Waals surface area contributed by atoms with Crippen molar-refractivity contribution in [2.24, 2.45) is 5.92 Å². The number of nitrogens with zero attached hydrogens (tertiary/aromatic N) is 1. The van der Waals surface area contributed by atoms with Gasteiger partial charge < -0.3 is 0 Å². The van der Waals surface area contributed by atoms with Crippen LogP contribution in [0.2, 0.25) is 0 Å². The summed E-state index contributed by atoms with van der Waals surface area (Å²) in [6.07, 6.45) is 5.57. The van der Waals surface area contributed by atoms with E-state index in [0.717, 1.165) is 11.4 Å².